The van der Waals surface area contributed by atoms with E-state index < -0.39 is 40.1 Å². The van der Waals surface area contributed by atoms with Gasteiger partial charge in [0.25, 0.3) is 0 Å². The molecule has 0 aromatic carbocycles. The third kappa shape index (κ3) is 2.90. The molecular weight excluding hydrogens is 306 g/mol. The van der Waals surface area contributed by atoms with Gasteiger partial charge in [0.1, 0.15) is 24.4 Å². The van der Waals surface area contributed by atoms with Gasteiger partial charge in [0, 0.05) is 12.0 Å². The average molecular weight is 331 g/mol. The Hall–Kier alpha value is -1.03. The summed E-state index contributed by atoms with van der Waals surface area (Å²) < 4.78 is 4.49. The van der Waals surface area contributed by atoms with Crippen LogP contribution in [0.4, 0.5) is 0 Å². The number of nitrogens with zero attached hydrogens (tertiary/aromatic N) is 1. The highest BCUT2D eigenvalue weighted by atomic mass is 16.6. The van der Waals surface area contributed by atoms with Crippen molar-refractivity contribution in [3.63, 3.8) is 0 Å². The maximum absolute atomic E-state index is 12.4. The number of aliphatic hydroxyl groups excluding tert-OH is 2. The molecule has 8 nitrogen and oxygen atoms in total. The van der Waals surface area contributed by atoms with Gasteiger partial charge in [0.05, 0.1) is 19.2 Å². The Kier molecular flexibility index (Phi) is 4.62. The van der Waals surface area contributed by atoms with Crippen LogP contribution in [0.3, 0.4) is 0 Å². The molecular formula is C15H25NO7. The molecule has 132 valence electrons. The van der Waals surface area contributed by atoms with Gasteiger partial charge in [-0.1, -0.05) is 0 Å². The fourth-order valence-electron chi connectivity index (χ4n) is 3.44. The van der Waals surface area contributed by atoms with E-state index in [1.165, 1.54) is 20.8 Å². The van der Waals surface area contributed by atoms with Crippen molar-refractivity contribution in [1.29, 1.82) is 0 Å². The Morgan fingerprint density at radius 2 is 2.13 bits per heavy atom. The second-order valence-electron chi connectivity index (χ2n) is 7.02. The van der Waals surface area contributed by atoms with Crippen molar-refractivity contribution in [3.05, 3.63) is 16.9 Å². The fraction of sp³-hybridized carbons (Fsp3) is 0.800. The van der Waals surface area contributed by atoms with Crippen molar-refractivity contribution in [2.75, 3.05) is 19.7 Å². The lowest BCUT2D eigenvalue weighted by Gasteiger charge is -2.41. The highest BCUT2D eigenvalue weighted by Gasteiger charge is 2.55. The number of hydrogen-bond acceptors (Lipinski definition) is 7. The molecule has 5 atom stereocenters. The SMILES string of the molecule is C[C@@H](O)[C@](O)(C(=O)OCC1=CC[N+]2([O-])CC[C@H](O)[C@@H]12)C(C)(C)O. The van der Waals surface area contributed by atoms with Crippen LogP contribution in [0.25, 0.3) is 0 Å². The van der Waals surface area contributed by atoms with E-state index in [-0.39, 0.29) is 13.2 Å². The van der Waals surface area contributed by atoms with Crippen molar-refractivity contribution >= 4 is 5.97 Å². The van der Waals surface area contributed by atoms with E-state index >= 15 is 0 Å². The van der Waals surface area contributed by atoms with Crippen molar-refractivity contribution in [2.24, 2.45) is 0 Å². The van der Waals surface area contributed by atoms with E-state index in [0.717, 1.165) is 0 Å². The van der Waals surface area contributed by atoms with Gasteiger partial charge in [0.2, 0.25) is 5.60 Å². The number of quaternary nitrogens is 1. The molecule has 0 saturated carbocycles. The molecule has 0 bridgehead atoms. The molecule has 0 spiro atoms. The Morgan fingerprint density at radius 3 is 2.65 bits per heavy atom. The molecule has 0 radical (unpaired) electrons. The summed E-state index contributed by atoms with van der Waals surface area (Å²) in [6.45, 7) is 3.80. The molecule has 1 fully saturated rings. The van der Waals surface area contributed by atoms with Crippen LogP contribution < -0.4 is 0 Å². The normalized spacial score (nSPS) is 34.5. The van der Waals surface area contributed by atoms with Gasteiger partial charge in [-0.25, -0.2) is 4.79 Å². The summed E-state index contributed by atoms with van der Waals surface area (Å²) in [5, 5.41) is 52.4. The van der Waals surface area contributed by atoms with Gasteiger partial charge in [-0.2, -0.15) is 0 Å². The first kappa shape index (κ1) is 18.3. The predicted octanol–water partition coefficient (Wildman–Crippen LogP) is -1.20. The summed E-state index contributed by atoms with van der Waals surface area (Å²) >= 11 is 0. The first-order chi connectivity index (χ1) is 10.4. The summed E-state index contributed by atoms with van der Waals surface area (Å²) in [5.74, 6) is -1.18. The van der Waals surface area contributed by atoms with E-state index in [1.54, 1.807) is 6.08 Å². The highest BCUT2D eigenvalue weighted by molar-refractivity contribution is 5.81. The molecule has 1 unspecified atom stereocenters. The predicted molar refractivity (Wildman–Crippen MR) is 79.7 cm³/mol. The van der Waals surface area contributed by atoms with Crippen LogP contribution in [0.2, 0.25) is 0 Å². The number of rotatable bonds is 5. The Balaban J connectivity index is 2.08. The minimum absolute atomic E-state index is 0.209. The van der Waals surface area contributed by atoms with Gasteiger partial charge in [-0.05, 0) is 26.8 Å². The summed E-state index contributed by atoms with van der Waals surface area (Å²) in [5.41, 5.74) is -3.92. The van der Waals surface area contributed by atoms with Crippen molar-refractivity contribution < 1.29 is 34.6 Å². The minimum Gasteiger partial charge on any atom is -0.632 e. The summed E-state index contributed by atoms with van der Waals surface area (Å²) in [6.07, 6.45) is -0.316. The lowest BCUT2D eigenvalue weighted by Crippen LogP contribution is -2.63. The quantitative estimate of drug-likeness (QED) is 0.215. The smallest absolute Gasteiger partial charge is 0.344 e. The minimum atomic E-state index is -2.50. The zero-order valence-electron chi connectivity index (χ0n) is 13.6. The van der Waals surface area contributed by atoms with E-state index in [1.807, 2.05) is 0 Å². The number of carbonyl (C=O) groups excluding carboxylic acids is 1. The van der Waals surface area contributed by atoms with E-state index in [0.29, 0.717) is 18.5 Å². The standard InChI is InChI=1S/C15H25NO7/c1-9(17)15(21,14(2,3)20)13(19)23-8-10-4-6-16(22)7-5-11(18)12(10)16/h4,9,11-12,17-18,20-21H,5-8H2,1-3H3/t9-,11+,12-,15+,16?/m1/s1. The number of hydroxylamine groups is 3. The van der Waals surface area contributed by atoms with Crippen LogP contribution in [-0.2, 0) is 9.53 Å². The molecule has 1 saturated heterocycles. The molecule has 0 aromatic heterocycles. The molecule has 2 rings (SSSR count). The van der Waals surface area contributed by atoms with Crippen LogP contribution in [0.1, 0.15) is 27.2 Å². The molecule has 2 heterocycles. The van der Waals surface area contributed by atoms with Crippen molar-refractivity contribution in [2.45, 2.75) is 56.6 Å². The maximum atomic E-state index is 12.4. The van der Waals surface area contributed by atoms with Gasteiger partial charge >= 0.3 is 5.97 Å². The second-order valence-corrected chi connectivity index (χ2v) is 7.02. The largest absolute Gasteiger partial charge is 0.632 e. The third-order valence-electron chi connectivity index (χ3n) is 4.94. The molecule has 0 aromatic rings. The van der Waals surface area contributed by atoms with Crippen LogP contribution >= 0.6 is 0 Å². The van der Waals surface area contributed by atoms with Crippen molar-refractivity contribution in [1.82, 2.24) is 0 Å². The number of hydrogen-bond donors (Lipinski definition) is 4. The van der Waals surface area contributed by atoms with E-state index in [4.69, 9.17) is 4.74 Å². The zero-order chi connectivity index (χ0) is 17.6. The topological polar surface area (TPSA) is 130 Å². The van der Waals surface area contributed by atoms with Crippen LogP contribution in [-0.4, -0.2) is 80.2 Å². The van der Waals surface area contributed by atoms with E-state index in [2.05, 4.69) is 0 Å². The number of fused-ring (bicyclic) bond motifs is 1. The molecule has 2 aliphatic heterocycles. The Labute approximate surface area is 134 Å². The third-order valence-corrected chi connectivity index (χ3v) is 4.94. The zero-order valence-corrected chi connectivity index (χ0v) is 13.6. The summed E-state index contributed by atoms with van der Waals surface area (Å²) in [7, 11) is 0. The number of esters is 1. The lowest BCUT2D eigenvalue weighted by atomic mass is 9.81. The fourth-order valence-corrected chi connectivity index (χ4v) is 3.44. The first-order valence-electron chi connectivity index (χ1n) is 7.68. The molecule has 0 amide bonds. The number of ether oxygens (including phenoxy) is 1. The summed E-state index contributed by atoms with van der Waals surface area (Å²) in [4.78, 5) is 12.2. The van der Waals surface area contributed by atoms with Gasteiger partial charge in [-0.3, -0.25) is 0 Å². The van der Waals surface area contributed by atoms with Gasteiger partial charge in [0.15, 0.2) is 0 Å². The van der Waals surface area contributed by atoms with Crippen LogP contribution in [0.5, 0.6) is 0 Å². The molecule has 0 aliphatic carbocycles. The monoisotopic (exact) mass is 331 g/mol. The average Bonchev–Trinajstić information content (AvgIpc) is 2.91. The number of aliphatic hydroxyl groups is 4. The van der Waals surface area contributed by atoms with E-state index in [9.17, 15) is 30.4 Å². The maximum Gasteiger partial charge on any atom is 0.344 e. The van der Waals surface area contributed by atoms with Gasteiger partial charge < -0.3 is 35.0 Å². The van der Waals surface area contributed by atoms with Crippen LogP contribution in [0, 0.1) is 5.21 Å². The molecule has 8 heteroatoms. The summed E-state index contributed by atoms with van der Waals surface area (Å²) in [6, 6.07) is -0.662. The first-order valence-corrected chi connectivity index (χ1v) is 7.68. The molecule has 2 aliphatic rings. The highest BCUT2D eigenvalue weighted by Crippen LogP contribution is 2.36. The molecule has 23 heavy (non-hydrogen) atoms. The Bertz CT molecular complexity index is 512. The Morgan fingerprint density at radius 1 is 1.52 bits per heavy atom. The number of carbonyl (C=O) groups is 1. The molecule has 4 N–H and O–H groups in total. The van der Waals surface area contributed by atoms with Crippen LogP contribution in [0.15, 0.2) is 11.6 Å². The van der Waals surface area contributed by atoms with Crippen molar-refractivity contribution in [3.8, 4) is 0 Å². The lowest BCUT2D eigenvalue weighted by molar-refractivity contribution is -0.877. The van der Waals surface area contributed by atoms with Gasteiger partial charge in [-0.15, -0.1) is 0 Å². The second kappa shape index (κ2) is 5.80.